The van der Waals surface area contributed by atoms with E-state index in [1.807, 2.05) is 72.8 Å². The number of hydrogen-bond donors (Lipinski definition) is 1. The van der Waals surface area contributed by atoms with Gasteiger partial charge in [0.1, 0.15) is 11.5 Å². The number of nitrogens with one attached hydrogen (secondary N) is 1. The zero-order chi connectivity index (χ0) is 20.5. The molecule has 0 saturated carbocycles. The van der Waals surface area contributed by atoms with Crippen LogP contribution in [0.25, 0.3) is 16.3 Å². The summed E-state index contributed by atoms with van der Waals surface area (Å²) in [6.45, 7) is 0.0850. The predicted molar refractivity (Wildman–Crippen MR) is 115 cm³/mol. The molecular formula is C25H18N2O3. The van der Waals surface area contributed by atoms with E-state index in [1.54, 1.807) is 12.1 Å². The van der Waals surface area contributed by atoms with E-state index in [0.29, 0.717) is 16.9 Å². The van der Waals surface area contributed by atoms with Gasteiger partial charge in [-0.15, -0.1) is 0 Å². The second kappa shape index (κ2) is 7.37. The second-order valence-corrected chi connectivity index (χ2v) is 7.04. The lowest BCUT2D eigenvalue weighted by Crippen LogP contribution is -2.31. The number of anilines is 1. The Morgan fingerprint density at radius 3 is 2.33 bits per heavy atom. The summed E-state index contributed by atoms with van der Waals surface area (Å²) in [5.74, 6) is -0.163. The highest BCUT2D eigenvalue weighted by Gasteiger charge is 2.39. The molecule has 0 saturated heterocycles. The van der Waals surface area contributed by atoms with Crippen LogP contribution in [0.15, 0.2) is 101 Å². The Balaban J connectivity index is 1.60. The van der Waals surface area contributed by atoms with Gasteiger partial charge in [0.15, 0.2) is 0 Å². The number of furan rings is 1. The van der Waals surface area contributed by atoms with Gasteiger partial charge in [-0.2, -0.15) is 0 Å². The largest absolute Gasteiger partial charge is 0.467 e. The van der Waals surface area contributed by atoms with Crippen LogP contribution in [0.5, 0.6) is 0 Å². The minimum atomic E-state index is -0.372. The number of rotatable bonds is 5. The fourth-order valence-electron chi connectivity index (χ4n) is 3.74. The first-order valence-electron chi connectivity index (χ1n) is 9.65. The summed E-state index contributed by atoms with van der Waals surface area (Å²) in [6.07, 6.45) is 1.53. The van der Waals surface area contributed by atoms with E-state index in [9.17, 15) is 9.59 Å². The van der Waals surface area contributed by atoms with Crippen LogP contribution in [0.1, 0.15) is 11.3 Å². The van der Waals surface area contributed by atoms with Gasteiger partial charge in [-0.3, -0.25) is 14.5 Å². The number of imide groups is 1. The van der Waals surface area contributed by atoms with Crippen molar-refractivity contribution in [2.24, 2.45) is 0 Å². The maximum absolute atomic E-state index is 13.3. The Labute approximate surface area is 173 Å². The highest BCUT2D eigenvalue weighted by Crippen LogP contribution is 2.33. The lowest BCUT2D eigenvalue weighted by atomic mass is 10.0. The van der Waals surface area contributed by atoms with Crippen molar-refractivity contribution in [3.63, 3.8) is 0 Å². The molecule has 2 heterocycles. The summed E-state index contributed by atoms with van der Waals surface area (Å²) in [6, 6.07) is 26.5. The second-order valence-electron chi connectivity index (χ2n) is 7.04. The number of hydrogen-bond acceptors (Lipinski definition) is 4. The molecule has 5 nitrogen and oxygen atoms in total. The number of carbonyl (C=O) groups is 2. The molecular weight excluding hydrogens is 376 g/mol. The SMILES string of the molecule is O=C1C(Nc2cccc3ccccc23)=C(c2ccccc2)C(=O)N1Cc1ccco1. The Morgan fingerprint density at radius 2 is 1.53 bits per heavy atom. The highest BCUT2D eigenvalue weighted by molar-refractivity contribution is 6.36. The molecule has 3 aromatic carbocycles. The average molecular weight is 394 g/mol. The summed E-state index contributed by atoms with van der Waals surface area (Å²) >= 11 is 0. The Hall–Kier alpha value is -4.12. The zero-order valence-corrected chi connectivity index (χ0v) is 16.0. The van der Waals surface area contributed by atoms with Crippen LogP contribution >= 0.6 is 0 Å². The molecule has 0 bridgehead atoms. The lowest BCUT2D eigenvalue weighted by molar-refractivity contribution is -0.137. The quantitative estimate of drug-likeness (QED) is 0.493. The maximum Gasteiger partial charge on any atom is 0.278 e. The van der Waals surface area contributed by atoms with Gasteiger partial charge in [0, 0.05) is 11.1 Å². The number of amides is 2. The first-order valence-corrected chi connectivity index (χ1v) is 9.65. The molecule has 0 spiro atoms. The van der Waals surface area contributed by atoms with Crippen LogP contribution in [0.2, 0.25) is 0 Å². The van der Waals surface area contributed by atoms with Crippen LogP contribution in [-0.2, 0) is 16.1 Å². The molecule has 0 radical (unpaired) electrons. The number of nitrogens with zero attached hydrogens (tertiary/aromatic N) is 1. The molecule has 1 aliphatic rings. The monoisotopic (exact) mass is 394 g/mol. The van der Waals surface area contributed by atoms with Crippen molar-refractivity contribution in [2.45, 2.75) is 6.54 Å². The fourth-order valence-corrected chi connectivity index (χ4v) is 3.74. The first kappa shape index (κ1) is 17.9. The smallest absolute Gasteiger partial charge is 0.278 e. The van der Waals surface area contributed by atoms with E-state index in [1.165, 1.54) is 11.2 Å². The Bertz CT molecular complexity index is 1270. The molecule has 2 amide bonds. The number of fused-ring (bicyclic) bond motifs is 1. The summed E-state index contributed by atoms with van der Waals surface area (Å²) in [5, 5.41) is 5.29. The molecule has 0 fully saturated rings. The van der Waals surface area contributed by atoms with Gasteiger partial charge < -0.3 is 9.73 Å². The lowest BCUT2D eigenvalue weighted by Gasteiger charge is -2.14. The number of benzene rings is 3. The third kappa shape index (κ3) is 3.06. The summed E-state index contributed by atoms with van der Waals surface area (Å²) in [4.78, 5) is 27.8. The molecule has 1 N–H and O–H groups in total. The maximum atomic E-state index is 13.3. The van der Waals surface area contributed by atoms with Crippen molar-refractivity contribution in [3.8, 4) is 0 Å². The summed E-state index contributed by atoms with van der Waals surface area (Å²) in [7, 11) is 0. The van der Waals surface area contributed by atoms with Crippen molar-refractivity contribution in [1.82, 2.24) is 4.90 Å². The fraction of sp³-hybridized carbons (Fsp3) is 0.0400. The van der Waals surface area contributed by atoms with Gasteiger partial charge in [0.25, 0.3) is 11.8 Å². The summed E-state index contributed by atoms with van der Waals surface area (Å²) in [5.41, 5.74) is 2.10. The minimum absolute atomic E-state index is 0.0850. The average Bonchev–Trinajstić information content (AvgIpc) is 3.38. The van der Waals surface area contributed by atoms with Gasteiger partial charge in [-0.1, -0.05) is 66.7 Å². The predicted octanol–water partition coefficient (Wildman–Crippen LogP) is 4.83. The topological polar surface area (TPSA) is 62.6 Å². The van der Waals surface area contributed by atoms with Crippen LogP contribution in [0, 0.1) is 0 Å². The Morgan fingerprint density at radius 1 is 0.767 bits per heavy atom. The van der Waals surface area contributed by atoms with Crippen molar-refractivity contribution in [2.75, 3.05) is 5.32 Å². The van der Waals surface area contributed by atoms with E-state index >= 15 is 0 Å². The van der Waals surface area contributed by atoms with Gasteiger partial charge in [-0.25, -0.2) is 0 Å². The molecule has 5 heteroatoms. The molecule has 0 unspecified atom stereocenters. The zero-order valence-electron chi connectivity index (χ0n) is 16.0. The molecule has 0 aliphatic carbocycles. The molecule has 4 aromatic rings. The van der Waals surface area contributed by atoms with E-state index in [2.05, 4.69) is 5.32 Å². The first-order chi connectivity index (χ1) is 14.7. The standard InChI is InChI=1S/C25H18N2O3/c28-24-22(18-9-2-1-3-10-18)23(25(29)27(24)16-19-12-7-15-30-19)26-21-14-6-11-17-8-4-5-13-20(17)21/h1-15,26H,16H2. The Kier molecular flexibility index (Phi) is 4.41. The van der Waals surface area contributed by atoms with Gasteiger partial charge in [0.2, 0.25) is 0 Å². The number of carbonyl (C=O) groups excluding carboxylic acids is 2. The van der Waals surface area contributed by atoms with Crippen molar-refractivity contribution >= 4 is 33.8 Å². The van der Waals surface area contributed by atoms with Crippen LogP contribution in [0.3, 0.4) is 0 Å². The highest BCUT2D eigenvalue weighted by atomic mass is 16.3. The van der Waals surface area contributed by atoms with Crippen molar-refractivity contribution in [3.05, 3.63) is 108 Å². The normalized spacial score (nSPS) is 14.1. The van der Waals surface area contributed by atoms with E-state index < -0.39 is 0 Å². The van der Waals surface area contributed by atoms with Crippen molar-refractivity contribution < 1.29 is 14.0 Å². The van der Waals surface area contributed by atoms with Crippen molar-refractivity contribution in [1.29, 1.82) is 0 Å². The third-order valence-corrected chi connectivity index (χ3v) is 5.17. The van der Waals surface area contributed by atoms with E-state index in [4.69, 9.17) is 4.42 Å². The van der Waals surface area contributed by atoms with E-state index in [-0.39, 0.29) is 24.1 Å². The molecule has 1 aliphatic heterocycles. The molecule has 1 aromatic heterocycles. The van der Waals surface area contributed by atoms with Gasteiger partial charge in [0.05, 0.1) is 18.4 Å². The molecule has 30 heavy (non-hydrogen) atoms. The molecule has 146 valence electrons. The molecule has 5 rings (SSSR count). The van der Waals surface area contributed by atoms with Gasteiger partial charge >= 0.3 is 0 Å². The van der Waals surface area contributed by atoms with Crippen LogP contribution in [-0.4, -0.2) is 16.7 Å². The van der Waals surface area contributed by atoms with Gasteiger partial charge in [-0.05, 0) is 29.1 Å². The minimum Gasteiger partial charge on any atom is -0.467 e. The summed E-state index contributed by atoms with van der Waals surface area (Å²) < 4.78 is 5.36. The van der Waals surface area contributed by atoms with Crippen LogP contribution in [0.4, 0.5) is 5.69 Å². The third-order valence-electron chi connectivity index (χ3n) is 5.17. The molecule has 0 atom stereocenters. The van der Waals surface area contributed by atoms with E-state index in [0.717, 1.165) is 16.5 Å². The van der Waals surface area contributed by atoms with Crippen LogP contribution < -0.4 is 5.32 Å².